The predicted molar refractivity (Wildman–Crippen MR) is 78.1 cm³/mol. The molecule has 120 valence electrons. The number of benzene rings is 1. The zero-order valence-corrected chi connectivity index (χ0v) is 12.8. The van der Waals surface area contributed by atoms with E-state index in [9.17, 15) is 13.2 Å². The van der Waals surface area contributed by atoms with Gasteiger partial charge in [0.1, 0.15) is 5.75 Å². The van der Waals surface area contributed by atoms with Gasteiger partial charge in [0.05, 0.1) is 0 Å². The fourth-order valence-electron chi connectivity index (χ4n) is 2.04. The van der Waals surface area contributed by atoms with Crippen molar-refractivity contribution in [1.29, 1.82) is 0 Å². The van der Waals surface area contributed by atoms with Crippen molar-refractivity contribution >= 4 is 0 Å². The molecule has 0 saturated carbocycles. The third kappa shape index (κ3) is 8.60. The number of nitrogens with one attached hydrogen (secondary N) is 1. The molecule has 0 bridgehead atoms. The van der Waals surface area contributed by atoms with Crippen LogP contribution < -0.4 is 10.1 Å². The molecule has 1 aromatic rings. The number of hydrogen-bond acceptors (Lipinski definition) is 2. The Morgan fingerprint density at radius 3 is 2.19 bits per heavy atom. The molecule has 0 radical (unpaired) electrons. The third-order valence-corrected chi connectivity index (χ3v) is 3.23. The van der Waals surface area contributed by atoms with Crippen molar-refractivity contribution in [1.82, 2.24) is 5.32 Å². The minimum absolute atomic E-state index is 0.184. The molecular weight excluding hydrogens is 279 g/mol. The molecule has 5 heteroatoms. The molecule has 0 saturated heterocycles. The van der Waals surface area contributed by atoms with Crippen LogP contribution in [-0.2, 0) is 6.54 Å². The van der Waals surface area contributed by atoms with Gasteiger partial charge in [0.25, 0.3) is 0 Å². The summed E-state index contributed by atoms with van der Waals surface area (Å²) in [5, 5.41) is 3.38. The van der Waals surface area contributed by atoms with Crippen LogP contribution in [0.2, 0.25) is 0 Å². The van der Waals surface area contributed by atoms with Crippen LogP contribution in [0.5, 0.6) is 5.75 Å². The Morgan fingerprint density at radius 2 is 1.67 bits per heavy atom. The van der Waals surface area contributed by atoms with Gasteiger partial charge in [-0.1, -0.05) is 38.8 Å². The van der Waals surface area contributed by atoms with E-state index < -0.39 is 6.36 Å². The first kappa shape index (κ1) is 17.8. The van der Waals surface area contributed by atoms with Crippen molar-refractivity contribution in [3.05, 3.63) is 29.8 Å². The summed E-state index contributed by atoms with van der Waals surface area (Å²) < 4.78 is 39.9. The van der Waals surface area contributed by atoms with E-state index in [1.165, 1.54) is 25.0 Å². The van der Waals surface area contributed by atoms with E-state index in [0.717, 1.165) is 17.9 Å². The van der Waals surface area contributed by atoms with Crippen LogP contribution in [0.25, 0.3) is 0 Å². The normalized spacial score (nSPS) is 13.5. The average Bonchev–Trinajstić information content (AvgIpc) is 2.35. The van der Waals surface area contributed by atoms with E-state index >= 15 is 0 Å². The van der Waals surface area contributed by atoms with Gasteiger partial charge in [0.15, 0.2) is 0 Å². The lowest BCUT2D eigenvalue weighted by atomic mass is 10.0. The Hall–Kier alpha value is -1.23. The molecule has 1 aromatic carbocycles. The Bertz CT molecular complexity index is 401. The number of halogens is 3. The number of hydrogen-bond donors (Lipinski definition) is 1. The number of ether oxygens (including phenoxy) is 1. The quantitative estimate of drug-likeness (QED) is 0.738. The van der Waals surface area contributed by atoms with Crippen LogP contribution in [0.3, 0.4) is 0 Å². The summed E-state index contributed by atoms with van der Waals surface area (Å²) >= 11 is 0. The molecule has 0 aliphatic rings. The monoisotopic (exact) mass is 303 g/mol. The average molecular weight is 303 g/mol. The second-order valence-corrected chi connectivity index (χ2v) is 5.80. The van der Waals surface area contributed by atoms with Crippen LogP contribution in [0.4, 0.5) is 13.2 Å². The highest BCUT2D eigenvalue weighted by molar-refractivity contribution is 5.27. The first-order valence-corrected chi connectivity index (χ1v) is 7.34. The second-order valence-electron chi connectivity index (χ2n) is 5.80. The van der Waals surface area contributed by atoms with Crippen molar-refractivity contribution in [2.45, 2.75) is 59.0 Å². The van der Waals surface area contributed by atoms with Gasteiger partial charge in [-0.15, -0.1) is 13.2 Å². The third-order valence-electron chi connectivity index (χ3n) is 3.23. The minimum Gasteiger partial charge on any atom is -0.406 e. The van der Waals surface area contributed by atoms with E-state index in [0.29, 0.717) is 12.6 Å². The molecule has 0 heterocycles. The van der Waals surface area contributed by atoms with Crippen LogP contribution in [-0.4, -0.2) is 12.4 Å². The Labute approximate surface area is 124 Å². The molecular formula is C16H24F3NO. The molecule has 2 nitrogen and oxygen atoms in total. The predicted octanol–water partition coefficient (Wildman–Crippen LogP) is 4.89. The Kier molecular flexibility index (Phi) is 7.02. The maximum absolute atomic E-state index is 12.0. The summed E-state index contributed by atoms with van der Waals surface area (Å²) in [5.41, 5.74) is 0.945. The SMILES string of the molecule is CC(C)CCCC(C)NCc1ccc(OC(F)(F)F)cc1. The first-order chi connectivity index (χ1) is 9.76. The largest absolute Gasteiger partial charge is 0.573 e. The summed E-state index contributed by atoms with van der Waals surface area (Å²) in [6.45, 7) is 7.20. The van der Waals surface area contributed by atoms with Gasteiger partial charge in [-0.05, 0) is 37.0 Å². The Morgan fingerprint density at radius 1 is 1.05 bits per heavy atom. The van der Waals surface area contributed by atoms with Crippen LogP contribution in [0, 0.1) is 5.92 Å². The lowest BCUT2D eigenvalue weighted by molar-refractivity contribution is -0.274. The molecule has 0 spiro atoms. The molecule has 1 rings (SSSR count). The molecule has 1 N–H and O–H groups in total. The van der Waals surface area contributed by atoms with Gasteiger partial charge in [-0.25, -0.2) is 0 Å². The van der Waals surface area contributed by atoms with Crippen molar-refractivity contribution in [3.8, 4) is 5.75 Å². The lowest BCUT2D eigenvalue weighted by Gasteiger charge is -2.15. The van der Waals surface area contributed by atoms with Gasteiger partial charge in [-0.3, -0.25) is 0 Å². The van der Waals surface area contributed by atoms with Crippen LogP contribution in [0.15, 0.2) is 24.3 Å². The number of alkyl halides is 3. The van der Waals surface area contributed by atoms with E-state index in [1.54, 1.807) is 12.1 Å². The molecule has 0 aromatic heterocycles. The van der Waals surface area contributed by atoms with Gasteiger partial charge in [-0.2, -0.15) is 0 Å². The van der Waals surface area contributed by atoms with E-state index in [4.69, 9.17) is 0 Å². The molecule has 0 amide bonds. The fraction of sp³-hybridized carbons (Fsp3) is 0.625. The van der Waals surface area contributed by atoms with Gasteiger partial charge in [0.2, 0.25) is 0 Å². The van der Waals surface area contributed by atoms with Crippen LogP contribution in [0.1, 0.15) is 45.6 Å². The molecule has 0 fully saturated rings. The standard InChI is InChI=1S/C16H24F3NO/c1-12(2)5-4-6-13(3)20-11-14-7-9-15(10-8-14)21-16(17,18)19/h7-10,12-13,20H,4-6,11H2,1-3H3. The highest BCUT2D eigenvalue weighted by Crippen LogP contribution is 2.22. The first-order valence-electron chi connectivity index (χ1n) is 7.34. The fourth-order valence-corrected chi connectivity index (χ4v) is 2.04. The maximum atomic E-state index is 12.0. The van der Waals surface area contributed by atoms with Gasteiger partial charge in [0, 0.05) is 12.6 Å². The summed E-state index contributed by atoms with van der Waals surface area (Å²) in [4.78, 5) is 0. The molecule has 0 aliphatic heterocycles. The zero-order chi connectivity index (χ0) is 15.9. The van der Waals surface area contributed by atoms with E-state index in [2.05, 4.69) is 30.8 Å². The molecule has 0 aliphatic carbocycles. The van der Waals surface area contributed by atoms with E-state index in [-0.39, 0.29) is 5.75 Å². The second kappa shape index (κ2) is 8.27. The van der Waals surface area contributed by atoms with E-state index in [1.807, 2.05) is 0 Å². The molecule has 1 atom stereocenters. The summed E-state index contributed by atoms with van der Waals surface area (Å²) in [6, 6.07) is 6.38. The minimum atomic E-state index is -4.63. The summed E-state index contributed by atoms with van der Waals surface area (Å²) in [6.07, 6.45) is -1.13. The molecule has 21 heavy (non-hydrogen) atoms. The topological polar surface area (TPSA) is 21.3 Å². The maximum Gasteiger partial charge on any atom is 0.573 e. The summed E-state index contributed by atoms with van der Waals surface area (Å²) in [5.74, 6) is 0.537. The molecule has 1 unspecified atom stereocenters. The highest BCUT2D eigenvalue weighted by atomic mass is 19.4. The van der Waals surface area contributed by atoms with Crippen molar-refractivity contribution in [2.24, 2.45) is 5.92 Å². The summed E-state index contributed by atoms with van der Waals surface area (Å²) in [7, 11) is 0. The lowest BCUT2D eigenvalue weighted by Crippen LogP contribution is -2.25. The van der Waals surface area contributed by atoms with Crippen molar-refractivity contribution in [2.75, 3.05) is 0 Å². The van der Waals surface area contributed by atoms with Crippen molar-refractivity contribution < 1.29 is 17.9 Å². The van der Waals surface area contributed by atoms with Crippen molar-refractivity contribution in [3.63, 3.8) is 0 Å². The Balaban J connectivity index is 2.32. The van der Waals surface area contributed by atoms with Gasteiger partial charge < -0.3 is 10.1 Å². The van der Waals surface area contributed by atoms with Crippen LogP contribution >= 0.6 is 0 Å². The number of rotatable bonds is 8. The van der Waals surface area contributed by atoms with Gasteiger partial charge >= 0.3 is 6.36 Å². The zero-order valence-electron chi connectivity index (χ0n) is 12.8. The smallest absolute Gasteiger partial charge is 0.406 e. The highest BCUT2D eigenvalue weighted by Gasteiger charge is 2.30.